The van der Waals surface area contributed by atoms with Gasteiger partial charge in [-0.3, -0.25) is 0 Å². The Morgan fingerprint density at radius 1 is 1.07 bits per heavy atom. The Balaban J connectivity index is 2.18. The SMILES string of the molecule is Fc1ccc([Se]c2cncc(Br)c2)cc1. The van der Waals surface area contributed by atoms with Crippen LogP contribution in [0.3, 0.4) is 0 Å². The summed E-state index contributed by atoms with van der Waals surface area (Å²) >= 11 is 3.56. The summed E-state index contributed by atoms with van der Waals surface area (Å²) in [6, 6.07) is 8.65. The molecule has 0 N–H and O–H groups in total. The van der Waals surface area contributed by atoms with E-state index in [1.54, 1.807) is 6.20 Å². The summed E-state index contributed by atoms with van der Waals surface area (Å²) in [6.07, 6.45) is 3.60. The van der Waals surface area contributed by atoms with Crippen molar-refractivity contribution in [1.29, 1.82) is 0 Å². The van der Waals surface area contributed by atoms with Crippen LogP contribution < -0.4 is 8.92 Å². The van der Waals surface area contributed by atoms with Crippen LogP contribution in [0, 0.1) is 5.82 Å². The first-order chi connectivity index (χ1) is 7.24. The Morgan fingerprint density at radius 2 is 1.80 bits per heavy atom. The van der Waals surface area contributed by atoms with E-state index in [-0.39, 0.29) is 20.8 Å². The number of pyridine rings is 1. The second-order valence-corrected chi connectivity index (χ2v) is 6.22. The zero-order chi connectivity index (χ0) is 10.7. The van der Waals surface area contributed by atoms with Crippen LogP contribution in [-0.4, -0.2) is 19.9 Å². The first kappa shape index (κ1) is 10.8. The third-order valence-electron chi connectivity index (χ3n) is 1.73. The van der Waals surface area contributed by atoms with Crippen molar-refractivity contribution >= 4 is 39.8 Å². The van der Waals surface area contributed by atoms with Gasteiger partial charge in [0.05, 0.1) is 0 Å². The molecule has 1 aromatic carbocycles. The molecule has 1 heterocycles. The first-order valence-corrected chi connectivity index (χ1v) is 6.78. The monoisotopic (exact) mass is 331 g/mol. The zero-order valence-corrected chi connectivity index (χ0v) is 11.0. The van der Waals surface area contributed by atoms with Crippen LogP contribution in [0.25, 0.3) is 0 Å². The molecule has 0 aliphatic rings. The topological polar surface area (TPSA) is 12.9 Å². The van der Waals surface area contributed by atoms with Crippen molar-refractivity contribution < 1.29 is 4.39 Å². The van der Waals surface area contributed by atoms with Gasteiger partial charge < -0.3 is 0 Å². The van der Waals surface area contributed by atoms with Crippen molar-refractivity contribution in [2.75, 3.05) is 0 Å². The van der Waals surface area contributed by atoms with Gasteiger partial charge in [-0.15, -0.1) is 0 Å². The summed E-state index contributed by atoms with van der Waals surface area (Å²) in [6.45, 7) is 0. The Bertz CT molecular complexity index is 458. The Morgan fingerprint density at radius 3 is 2.47 bits per heavy atom. The number of nitrogens with zero attached hydrogens (tertiary/aromatic N) is 1. The summed E-state index contributed by atoms with van der Waals surface area (Å²) in [5, 5.41) is 0. The molecule has 1 aromatic heterocycles. The second kappa shape index (κ2) is 4.88. The number of hydrogen-bond donors (Lipinski definition) is 0. The van der Waals surface area contributed by atoms with Crippen LogP contribution in [-0.2, 0) is 0 Å². The standard InChI is InChI=1S/C11H7BrFNSe/c12-8-5-11(7-14-6-8)15-10-3-1-9(13)2-4-10/h1-7H. The minimum atomic E-state index is -0.193. The molecule has 2 rings (SSSR count). The van der Waals surface area contributed by atoms with Gasteiger partial charge in [-0.1, -0.05) is 0 Å². The molecule has 15 heavy (non-hydrogen) atoms. The van der Waals surface area contributed by atoms with Crippen LogP contribution >= 0.6 is 15.9 Å². The molecule has 76 valence electrons. The summed E-state index contributed by atoms with van der Waals surface area (Å²) < 4.78 is 16.0. The molecule has 0 saturated carbocycles. The van der Waals surface area contributed by atoms with E-state index >= 15 is 0 Å². The number of halogens is 2. The summed E-state index contributed by atoms with van der Waals surface area (Å²) in [4.78, 5) is 4.09. The van der Waals surface area contributed by atoms with E-state index < -0.39 is 0 Å². The predicted molar refractivity (Wildman–Crippen MR) is 63.4 cm³/mol. The van der Waals surface area contributed by atoms with Gasteiger partial charge in [0.2, 0.25) is 0 Å². The second-order valence-electron chi connectivity index (χ2n) is 2.89. The van der Waals surface area contributed by atoms with Gasteiger partial charge in [0.25, 0.3) is 0 Å². The van der Waals surface area contributed by atoms with Crippen LogP contribution in [0.15, 0.2) is 47.2 Å². The molecule has 2 aromatic rings. The van der Waals surface area contributed by atoms with E-state index in [0.29, 0.717) is 0 Å². The zero-order valence-electron chi connectivity index (χ0n) is 7.65. The van der Waals surface area contributed by atoms with E-state index in [0.717, 1.165) is 8.93 Å². The van der Waals surface area contributed by atoms with Crippen molar-refractivity contribution in [2.45, 2.75) is 0 Å². The molecule has 0 unspecified atom stereocenters. The summed E-state index contributed by atoms with van der Waals surface area (Å²) in [5.41, 5.74) is 0. The Hall–Kier alpha value is -0.701. The van der Waals surface area contributed by atoms with E-state index in [9.17, 15) is 4.39 Å². The Labute approximate surface area is 102 Å². The average Bonchev–Trinajstić information content (AvgIpc) is 2.22. The fourth-order valence-corrected chi connectivity index (χ4v) is 3.56. The van der Waals surface area contributed by atoms with Crippen molar-refractivity contribution in [3.8, 4) is 0 Å². The quantitative estimate of drug-likeness (QED) is 0.763. The van der Waals surface area contributed by atoms with E-state index in [2.05, 4.69) is 20.9 Å². The maximum absolute atomic E-state index is 12.7. The van der Waals surface area contributed by atoms with E-state index in [1.165, 1.54) is 16.6 Å². The van der Waals surface area contributed by atoms with Gasteiger partial charge >= 0.3 is 102 Å². The van der Waals surface area contributed by atoms with E-state index in [4.69, 9.17) is 0 Å². The van der Waals surface area contributed by atoms with Gasteiger partial charge in [0.15, 0.2) is 0 Å². The van der Waals surface area contributed by atoms with Crippen molar-refractivity contribution in [3.63, 3.8) is 0 Å². The third-order valence-corrected chi connectivity index (χ3v) is 4.19. The fraction of sp³-hybridized carbons (Fsp3) is 0. The molecule has 0 aliphatic heterocycles. The molecule has 1 nitrogen and oxygen atoms in total. The molecule has 0 saturated heterocycles. The van der Waals surface area contributed by atoms with Crippen LogP contribution in [0.1, 0.15) is 0 Å². The van der Waals surface area contributed by atoms with Crippen molar-refractivity contribution in [3.05, 3.63) is 53.0 Å². The van der Waals surface area contributed by atoms with Crippen molar-refractivity contribution in [2.24, 2.45) is 0 Å². The number of hydrogen-bond acceptors (Lipinski definition) is 1. The number of aromatic nitrogens is 1. The van der Waals surface area contributed by atoms with Gasteiger partial charge in [-0.2, -0.15) is 0 Å². The van der Waals surface area contributed by atoms with Crippen LogP contribution in [0.2, 0.25) is 0 Å². The number of rotatable bonds is 2. The maximum atomic E-state index is 12.7. The normalized spacial score (nSPS) is 10.3. The third kappa shape index (κ3) is 3.13. The number of benzene rings is 1. The molecule has 0 aliphatic carbocycles. The summed E-state index contributed by atoms with van der Waals surface area (Å²) in [7, 11) is 0. The van der Waals surface area contributed by atoms with Gasteiger partial charge in [0, 0.05) is 0 Å². The molecule has 4 heteroatoms. The predicted octanol–water partition coefficient (Wildman–Crippen LogP) is 1.64. The molecule has 0 atom stereocenters. The van der Waals surface area contributed by atoms with Crippen LogP contribution in [0.5, 0.6) is 0 Å². The van der Waals surface area contributed by atoms with Crippen LogP contribution in [0.4, 0.5) is 4.39 Å². The molecular formula is C11H7BrFNSe. The van der Waals surface area contributed by atoms with Gasteiger partial charge in [-0.05, 0) is 0 Å². The molecular weight excluding hydrogens is 324 g/mol. The molecule has 0 amide bonds. The van der Waals surface area contributed by atoms with Gasteiger partial charge in [-0.25, -0.2) is 0 Å². The fourth-order valence-electron chi connectivity index (χ4n) is 1.09. The molecule has 0 spiro atoms. The molecule has 0 bridgehead atoms. The first-order valence-electron chi connectivity index (χ1n) is 4.28. The molecule has 0 fully saturated rings. The minimum absolute atomic E-state index is 0.185. The average molecular weight is 331 g/mol. The Kier molecular flexibility index (Phi) is 3.52. The summed E-state index contributed by atoms with van der Waals surface area (Å²) in [5.74, 6) is -0.193. The molecule has 0 radical (unpaired) electrons. The van der Waals surface area contributed by atoms with Gasteiger partial charge in [0.1, 0.15) is 0 Å². The van der Waals surface area contributed by atoms with Crippen molar-refractivity contribution in [1.82, 2.24) is 4.98 Å². The van der Waals surface area contributed by atoms with E-state index in [1.807, 2.05) is 24.4 Å².